The van der Waals surface area contributed by atoms with Crippen LogP contribution in [0.2, 0.25) is 5.02 Å². The molecule has 3 nitrogen and oxygen atoms in total. The zero-order valence-corrected chi connectivity index (χ0v) is 14.2. The lowest BCUT2D eigenvalue weighted by molar-refractivity contribution is -0.117. The quantitative estimate of drug-likeness (QED) is 0.915. The standard InChI is InChI=1S/C19H21ClN2O/c1-13-7-8-15(20)11-17(13)21-19(23)12-18-16-6-4-3-5-14(16)9-10-22(18)2/h3-8,11,18H,9-10,12H2,1-2H3,(H,21,23). The smallest absolute Gasteiger partial charge is 0.226 e. The van der Waals surface area contributed by atoms with E-state index in [1.807, 2.05) is 25.1 Å². The lowest BCUT2D eigenvalue weighted by atomic mass is 9.91. The van der Waals surface area contributed by atoms with E-state index in [9.17, 15) is 4.79 Å². The molecule has 1 heterocycles. The highest BCUT2D eigenvalue weighted by Crippen LogP contribution is 2.31. The van der Waals surface area contributed by atoms with Crippen LogP contribution in [0.25, 0.3) is 0 Å². The summed E-state index contributed by atoms with van der Waals surface area (Å²) in [5.41, 5.74) is 4.41. The average Bonchev–Trinajstić information content (AvgIpc) is 2.54. The van der Waals surface area contributed by atoms with Crippen LogP contribution in [0.15, 0.2) is 42.5 Å². The van der Waals surface area contributed by atoms with E-state index in [4.69, 9.17) is 11.6 Å². The number of anilines is 1. The molecule has 0 bridgehead atoms. The van der Waals surface area contributed by atoms with Gasteiger partial charge >= 0.3 is 0 Å². The highest BCUT2D eigenvalue weighted by molar-refractivity contribution is 6.31. The lowest BCUT2D eigenvalue weighted by Gasteiger charge is -2.34. The Bertz CT molecular complexity index is 729. The zero-order chi connectivity index (χ0) is 16.4. The highest BCUT2D eigenvalue weighted by atomic mass is 35.5. The van der Waals surface area contributed by atoms with Gasteiger partial charge in [-0.1, -0.05) is 41.9 Å². The molecule has 0 fully saturated rings. The fourth-order valence-electron chi connectivity index (χ4n) is 3.15. The minimum Gasteiger partial charge on any atom is -0.326 e. The number of aryl methyl sites for hydroxylation is 1. The molecule has 3 rings (SSSR count). The number of rotatable bonds is 3. The number of amides is 1. The summed E-state index contributed by atoms with van der Waals surface area (Å²) < 4.78 is 0. The van der Waals surface area contributed by atoms with Crippen LogP contribution in [0.1, 0.15) is 29.2 Å². The number of fused-ring (bicyclic) bond motifs is 1. The van der Waals surface area contributed by atoms with Crippen LogP contribution >= 0.6 is 11.6 Å². The van der Waals surface area contributed by atoms with Crippen LogP contribution in [0.4, 0.5) is 5.69 Å². The van der Waals surface area contributed by atoms with E-state index in [1.165, 1.54) is 11.1 Å². The van der Waals surface area contributed by atoms with E-state index in [-0.39, 0.29) is 11.9 Å². The predicted octanol–water partition coefficient (Wildman–Crippen LogP) is 4.21. The van der Waals surface area contributed by atoms with Crippen LogP contribution in [-0.4, -0.2) is 24.4 Å². The molecule has 0 aromatic heterocycles. The number of hydrogen-bond donors (Lipinski definition) is 1. The van der Waals surface area contributed by atoms with Crippen LogP contribution in [0, 0.1) is 6.92 Å². The zero-order valence-electron chi connectivity index (χ0n) is 13.5. The molecule has 0 radical (unpaired) electrons. The van der Waals surface area contributed by atoms with Crippen LogP contribution in [0.3, 0.4) is 0 Å². The number of hydrogen-bond acceptors (Lipinski definition) is 2. The van der Waals surface area contributed by atoms with Gasteiger partial charge in [0, 0.05) is 29.7 Å². The first-order valence-corrected chi connectivity index (χ1v) is 8.26. The highest BCUT2D eigenvalue weighted by Gasteiger charge is 2.26. The van der Waals surface area contributed by atoms with Crippen molar-refractivity contribution in [3.63, 3.8) is 0 Å². The number of nitrogens with zero attached hydrogens (tertiary/aromatic N) is 1. The molecule has 1 atom stereocenters. The second-order valence-corrected chi connectivity index (χ2v) is 6.59. The first-order chi connectivity index (χ1) is 11.0. The Morgan fingerprint density at radius 2 is 2.09 bits per heavy atom. The second kappa shape index (κ2) is 6.73. The maximum absolute atomic E-state index is 12.5. The molecule has 23 heavy (non-hydrogen) atoms. The Morgan fingerprint density at radius 3 is 2.91 bits per heavy atom. The number of likely N-dealkylation sites (N-methyl/N-ethyl adjacent to an activating group) is 1. The number of halogens is 1. The van der Waals surface area contributed by atoms with Gasteiger partial charge in [0.2, 0.25) is 5.91 Å². The van der Waals surface area contributed by atoms with Crippen LogP contribution in [0.5, 0.6) is 0 Å². The van der Waals surface area contributed by atoms with Crippen molar-refractivity contribution < 1.29 is 4.79 Å². The Hall–Kier alpha value is -1.84. The second-order valence-electron chi connectivity index (χ2n) is 6.16. The summed E-state index contributed by atoms with van der Waals surface area (Å²) in [5.74, 6) is 0.0175. The molecule has 1 aliphatic rings. The molecule has 1 aliphatic heterocycles. The molecule has 1 amide bonds. The van der Waals surface area contributed by atoms with Gasteiger partial charge < -0.3 is 5.32 Å². The van der Waals surface area contributed by atoms with Crippen molar-refractivity contribution >= 4 is 23.2 Å². The van der Waals surface area contributed by atoms with Gasteiger partial charge in [0.25, 0.3) is 0 Å². The molecule has 2 aromatic carbocycles. The Morgan fingerprint density at radius 1 is 1.30 bits per heavy atom. The fourth-order valence-corrected chi connectivity index (χ4v) is 3.32. The summed E-state index contributed by atoms with van der Waals surface area (Å²) in [4.78, 5) is 14.8. The molecular formula is C19H21ClN2O. The summed E-state index contributed by atoms with van der Waals surface area (Å²) in [6.45, 7) is 2.94. The topological polar surface area (TPSA) is 32.3 Å². The maximum atomic E-state index is 12.5. The summed E-state index contributed by atoms with van der Waals surface area (Å²) in [6, 6.07) is 14.1. The normalized spacial score (nSPS) is 17.6. The third kappa shape index (κ3) is 3.57. The number of nitrogens with one attached hydrogen (secondary N) is 1. The molecule has 4 heteroatoms. The minimum atomic E-state index is 0.0175. The first kappa shape index (κ1) is 16.0. The van der Waals surface area contributed by atoms with Gasteiger partial charge in [-0.2, -0.15) is 0 Å². The van der Waals surface area contributed by atoms with E-state index >= 15 is 0 Å². The van der Waals surface area contributed by atoms with Gasteiger partial charge in [0.1, 0.15) is 0 Å². The van der Waals surface area contributed by atoms with Crippen molar-refractivity contribution in [1.82, 2.24) is 4.90 Å². The minimum absolute atomic E-state index is 0.0175. The third-order valence-corrected chi connectivity index (χ3v) is 4.77. The lowest BCUT2D eigenvalue weighted by Crippen LogP contribution is -2.34. The average molecular weight is 329 g/mol. The van der Waals surface area contributed by atoms with Crippen molar-refractivity contribution in [3.8, 4) is 0 Å². The molecule has 120 valence electrons. The van der Waals surface area contributed by atoms with Gasteiger partial charge in [-0.3, -0.25) is 9.69 Å². The fraction of sp³-hybridized carbons (Fsp3) is 0.316. The number of carbonyl (C=O) groups excluding carboxylic acids is 1. The SMILES string of the molecule is Cc1ccc(Cl)cc1NC(=O)CC1c2ccccc2CCN1C. The van der Waals surface area contributed by atoms with Crippen LogP contribution in [-0.2, 0) is 11.2 Å². The maximum Gasteiger partial charge on any atom is 0.226 e. The van der Waals surface area contributed by atoms with Crippen molar-refractivity contribution in [2.75, 3.05) is 18.9 Å². The predicted molar refractivity (Wildman–Crippen MR) is 95.0 cm³/mol. The molecule has 2 aromatic rings. The largest absolute Gasteiger partial charge is 0.326 e. The molecule has 1 unspecified atom stereocenters. The number of carbonyl (C=O) groups is 1. The van der Waals surface area contributed by atoms with Gasteiger partial charge in [0.05, 0.1) is 0 Å². The van der Waals surface area contributed by atoms with Gasteiger partial charge in [-0.25, -0.2) is 0 Å². The van der Waals surface area contributed by atoms with Crippen LogP contribution < -0.4 is 5.32 Å². The summed E-state index contributed by atoms with van der Waals surface area (Å²) in [5, 5.41) is 3.63. The van der Waals surface area contributed by atoms with Crippen molar-refractivity contribution in [2.24, 2.45) is 0 Å². The van der Waals surface area contributed by atoms with Gasteiger partial charge in [-0.05, 0) is 49.2 Å². The van der Waals surface area contributed by atoms with E-state index in [2.05, 4.69) is 35.5 Å². The molecule has 0 saturated heterocycles. The number of benzene rings is 2. The Labute approximate surface area is 142 Å². The third-order valence-electron chi connectivity index (χ3n) is 4.53. The summed E-state index contributed by atoms with van der Waals surface area (Å²) in [7, 11) is 2.08. The van der Waals surface area contributed by atoms with Crippen molar-refractivity contribution in [3.05, 3.63) is 64.2 Å². The van der Waals surface area contributed by atoms with Gasteiger partial charge in [0.15, 0.2) is 0 Å². The van der Waals surface area contributed by atoms with Gasteiger partial charge in [-0.15, -0.1) is 0 Å². The molecule has 0 spiro atoms. The molecular weight excluding hydrogens is 308 g/mol. The molecule has 1 N–H and O–H groups in total. The first-order valence-electron chi connectivity index (χ1n) is 7.88. The summed E-state index contributed by atoms with van der Waals surface area (Å²) >= 11 is 6.02. The van der Waals surface area contributed by atoms with E-state index in [0.29, 0.717) is 11.4 Å². The Balaban J connectivity index is 1.76. The van der Waals surface area contributed by atoms with Crippen molar-refractivity contribution in [1.29, 1.82) is 0 Å². The van der Waals surface area contributed by atoms with E-state index in [0.717, 1.165) is 24.2 Å². The van der Waals surface area contributed by atoms with E-state index in [1.54, 1.807) is 6.07 Å². The van der Waals surface area contributed by atoms with Crippen molar-refractivity contribution in [2.45, 2.75) is 25.8 Å². The van der Waals surface area contributed by atoms with E-state index < -0.39 is 0 Å². The molecule has 0 aliphatic carbocycles. The summed E-state index contributed by atoms with van der Waals surface area (Å²) in [6.07, 6.45) is 1.48. The monoisotopic (exact) mass is 328 g/mol. The Kier molecular flexibility index (Phi) is 4.69. The molecule has 0 saturated carbocycles.